The lowest BCUT2D eigenvalue weighted by Crippen LogP contribution is -2.20. The number of aryl methyl sites for hydroxylation is 1. The zero-order chi connectivity index (χ0) is 24.3. The Morgan fingerprint density at radius 2 is 1.41 bits per heavy atom. The molecular formula is C27H25N3O4. The average Bonchev–Trinajstić information content (AvgIpc) is 2.84. The normalized spacial score (nSPS) is 10.7. The van der Waals surface area contributed by atoms with Crippen molar-refractivity contribution in [3.8, 4) is 17.6 Å². The molecule has 0 radical (unpaired) electrons. The molecular weight excluding hydrogens is 430 g/mol. The Morgan fingerprint density at radius 1 is 0.853 bits per heavy atom. The van der Waals surface area contributed by atoms with Crippen molar-refractivity contribution in [3.63, 3.8) is 0 Å². The zero-order valence-electron chi connectivity index (χ0n) is 19.0. The first-order chi connectivity index (χ1) is 16.5. The van der Waals surface area contributed by atoms with Crippen LogP contribution in [0.4, 0.5) is 11.4 Å². The first-order valence-corrected chi connectivity index (χ1v) is 10.7. The first kappa shape index (κ1) is 24.1. The molecule has 7 heteroatoms. The standard InChI is InChI=1S/C27H25N3O4/c1-3-33-24-14-10-22(11-15-24)29-26(31)18-34-25-12-6-20(7-13-25)16-21(17-28)27(32)30-23-8-4-19(2)5-9-23/h4-16H,3,18H2,1-2H3,(H,29,31)(H,30,32)/b21-16-. The second-order valence-electron chi connectivity index (χ2n) is 7.35. The summed E-state index contributed by atoms with van der Waals surface area (Å²) in [5.41, 5.74) is 2.96. The largest absolute Gasteiger partial charge is 0.494 e. The molecule has 7 nitrogen and oxygen atoms in total. The Bertz CT molecular complexity index is 1190. The number of carbonyl (C=O) groups is 2. The fourth-order valence-electron chi connectivity index (χ4n) is 2.96. The summed E-state index contributed by atoms with van der Waals surface area (Å²) in [7, 11) is 0. The molecule has 3 aromatic carbocycles. The molecule has 172 valence electrons. The van der Waals surface area contributed by atoms with Gasteiger partial charge in [-0.3, -0.25) is 9.59 Å². The molecule has 0 saturated carbocycles. The highest BCUT2D eigenvalue weighted by molar-refractivity contribution is 6.09. The highest BCUT2D eigenvalue weighted by Gasteiger charge is 2.10. The van der Waals surface area contributed by atoms with Crippen LogP contribution in [0.2, 0.25) is 0 Å². The van der Waals surface area contributed by atoms with Gasteiger partial charge in [0.1, 0.15) is 23.1 Å². The van der Waals surface area contributed by atoms with Gasteiger partial charge in [-0.15, -0.1) is 0 Å². The van der Waals surface area contributed by atoms with Gasteiger partial charge in [0, 0.05) is 11.4 Å². The summed E-state index contributed by atoms with van der Waals surface area (Å²) >= 11 is 0. The minimum absolute atomic E-state index is 0.0241. The molecule has 0 bridgehead atoms. The number of hydrogen-bond donors (Lipinski definition) is 2. The van der Waals surface area contributed by atoms with E-state index >= 15 is 0 Å². The fourth-order valence-corrected chi connectivity index (χ4v) is 2.96. The summed E-state index contributed by atoms with van der Waals surface area (Å²) in [6.07, 6.45) is 1.49. The number of nitrogens with one attached hydrogen (secondary N) is 2. The van der Waals surface area contributed by atoms with E-state index in [1.165, 1.54) is 6.08 Å². The summed E-state index contributed by atoms with van der Waals surface area (Å²) in [5, 5.41) is 14.8. The smallest absolute Gasteiger partial charge is 0.266 e. The molecule has 0 aromatic heterocycles. The predicted molar refractivity (Wildman–Crippen MR) is 132 cm³/mol. The third kappa shape index (κ3) is 7.24. The molecule has 0 aliphatic carbocycles. The topological polar surface area (TPSA) is 100 Å². The zero-order valence-corrected chi connectivity index (χ0v) is 19.0. The fraction of sp³-hybridized carbons (Fsp3) is 0.148. The van der Waals surface area contributed by atoms with Gasteiger partial charge in [-0.25, -0.2) is 0 Å². The molecule has 0 heterocycles. The monoisotopic (exact) mass is 455 g/mol. The molecule has 0 saturated heterocycles. The Balaban J connectivity index is 1.53. The number of anilines is 2. The van der Waals surface area contributed by atoms with Gasteiger partial charge in [-0.2, -0.15) is 5.26 Å². The maximum Gasteiger partial charge on any atom is 0.266 e. The summed E-state index contributed by atoms with van der Waals surface area (Å²) in [6, 6.07) is 23.1. The lowest BCUT2D eigenvalue weighted by Gasteiger charge is -2.09. The van der Waals surface area contributed by atoms with Crippen LogP contribution >= 0.6 is 0 Å². The summed E-state index contributed by atoms with van der Waals surface area (Å²) in [5.74, 6) is 0.435. The number of hydrogen-bond acceptors (Lipinski definition) is 5. The lowest BCUT2D eigenvalue weighted by molar-refractivity contribution is -0.118. The number of nitriles is 1. The minimum Gasteiger partial charge on any atom is -0.494 e. The molecule has 0 spiro atoms. The van der Waals surface area contributed by atoms with Gasteiger partial charge in [0.25, 0.3) is 11.8 Å². The first-order valence-electron chi connectivity index (χ1n) is 10.7. The highest BCUT2D eigenvalue weighted by Crippen LogP contribution is 2.17. The van der Waals surface area contributed by atoms with Crippen molar-refractivity contribution in [2.75, 3.05) is 23.8 Å². The van der Waals surface area contributed by atoms with E-state index in [1.54, 1.807) is 60.7 Å². The van der Waals surface area contributed by atoms with E-state index < -0.39 is 5.91 Å². The van der Waals surface area contributed by atoms with E-state index in [9.17, 15) is 14.9 Å². The molecule has 0 atom stereocenters. The highest BCUT2D eigenvalue weighted by atomic mass is 16.5. The summed E-state index contributed by atoms with van der Waals surface area (Å²) in [4.78, 5) is 24.5. The van der Waals surface area contributed by atoms with Crippen LogP contribution in [0.25, 0.3) is 6.08 Å². The van der Waals surface area contributed by atoms with Crippen molar-refractivity contribution >= 4 is 29.3 Å². The molecule has 0 aliphatic rings. The Hall–Kier alpha value is -4.57. The van der Waals surface area contributed by atoms with Crippen molar-refractivity contribution in [2.24, 2.45) is 0 Å². The summed E-state index contributed by atoms with van der Waals surface area (Å²) < 4.78 is 10.9. The second-order valence-corrected chi connectivity index (χ2v) is 7.35. The van der Waals surface area contributed by atoms with Gasteiger partial charge in [0.15, 0.2) is 6.61 Å². The van der Waals surface area contributed by atoms with Crippen LogP contribution in [0, 0.1) is 18.3 Å². The van der Waals surface area contributed by atoms with E-state index in [-0.39, 0.29) is 18.1 Å². The molecule has 0 unspecified atom stereocenters. The Labute approximate surface area is 198 Å². The van der Waals surface area contributed by atoms with Crippen LogP contribution in [-0.4, -0.2) is 25.0 Å². The third-order valence-electron chi connectivity index (χ3n) is 4.68. The maximum absolute atomic E-state index is 12.4. The van der Waals surface area contributed by atoms with Gasteiger partial charge < -0.3 is 20.1 Å². The van der Waals surface area contributed by atoms with E-state index in [2.05, 4.69) is 10.6 Å². The quantitative estimate of drug-likeness (QED) is 0.351. The molecule has 2 amide bonds. The van der Waals surface area contributed by atoms with Crippen LogP contribution in [0.15, 0.2) is 78.4 Å². The number of amides is 2. The van der Waals surface area contributed by atoms with Crippen LogP contribution in [0.1, 0.15) is 18.1 Å². The molecule has 0 fully saturated rings. The molecule has 3 rings (SSSR count). The predicted octanol–water partition coefficient (Wildman–Crippen LogP) is 4.96. The van der Waals surface area contributed by atoms with Crippen LogP contribution in [0.5, 0.6) is 11.5 Å². The van der Waals surface area contributed by atoms with Gasteiger partial charge in [-0.1, -0.05) is 29.8 Å². The Morgan fingerprint density at radius 3 is 2.03 bits per heavy atom. The van der Waals surface area contributed by atoms with Gasteiger partial charge >= 0.3 is 0 Å². The number of nitrogens with zero attached hydrogens (tertiary/aromatic N) is 1. The molecule has 34 heavy (non-hydrogen) atoms. The second kappa shape index (κ2) is 11.9. The lowest BCUT2D eigenvalue weighted by atomic mass is 10.1. The number of ether oxygens (including phenoxy) is 2. The molecule has 0 aliphatic heterocycles. The van der Waals surface area contributed by atoms with E-state index in [0.717, 1.165) is 11.3 Å². The number of benzene rings is 3. The van der Waals surface area contributed by atoms with Gasteiger partial charge in [0.05, 0.1) is 6.61 Å². The number of rotatable bonds is 9. The maximum atomic E-state index is 12.4. The van der Waals surface area contributed by atoms with E-state index in [0.29, 0.717) is 29.3 Å². The van der Waals surface area contributed by atoms with E-state index in [4.69, 9.17) is 9.47 Å². The molecule has 3 aromatic rings. The Kier molecular flexibility index (Phi) is 8.42. The van der Waals surface area contributed by atoms with E-state index in [1.807, 2.05) is 32.0 Å². The van der Waals surface area contributed by atoms with Gasteiger partial charge in [-0.05, 0) is 74.0 Å². The molecule has 2 N–H and O–H groups in total. The van der Waals surface area contributed by atoms with Crippen molar-refractivity contribution in [1.82, 2.24) is 0 Å². The van der Waals surface area contributed by atoms with Crippen molar-refractivity contribution in [3.05, 3.63) is 89.5 Å². The third-order valence-corrected chi connectivity index (χ3v) is 4.68. The minimum atomic E-state index is -0.488. The van der Waals surface area contributed by atoms with Crippen molar-refractivity contribution in [2.45, 2.75) is 13.8 Å². The van der Waals surface area contributed by atoms with Crippen LogP contribution in [0.3, 0.4) is 0 Å². The average molecular weight is 456 g/mol. The SMILES string of the molecule is CCOc1ccc(NC(=O)COc2ccc(/C=C(/C#N)C(=O)Nc3ccc(C)cc3)cc2)cc1. The van der Waals surface area contributed by atoms with Crippen molar-refractivity contribution < 1.29 is 19.1 Å². The van der Waals surface area contributed by atoms with Crippen LogP contribution < -0.4 is 20.1 Å². The number of carbonyl (C=O) groups excluding carboxylic acids is 2. The summed E-state index contributed by atoms with van der Waals surface area (Å²) in [6.45, 7) is 4.27. The van der Waals surface area contributed by atoms with Gasteiger partial charge in [0.2, 0.25) is 0 Å². The van der Waals surface area contributed by atoms with Crippen molar-refractivity contribution in [1.29, 1.82) is 5.26 Å². The van der Waals surface area contributed by atoms with Crippen LogP contribution in [-0.2, 0) is 9.59 Å².